The molecule has 1 aliphatic carbocycles. The second-order valence-corrected chi connectivity index (χ2v) is 12.9. The molecule has 10 nitrogen and oxygen atoms in total. The molecule has 1 fully saturated rings. The van der Waals surface area contributed by atoms with Crippen LogP contribution < -0.4 is 10.1 Å². The molecule has 0 spiro atoms. The smallest absolute Gasteiger partial charge is 0.264 e. The van der Waals surface area contributed by atoms with Crippen LogP contribution in [0.3, 0.4) is 0 Å². The summed E-state index contributed by atoms with van der Waals surface area (Å²) < 4.78 is 35.6. The summed E-state index contributed by atoms with van der Waals surface area (Å²) in [5.41, 5.74) is 3.81. The van der Waals surface area contributed by atoms with Crippen LogP contribution in [0.25, 0.3) is 22.6 Å². The Morgan fingerprint density at radius 2 is 1.86 bits per heavy atom. The van der Waals surface area contributed by atoms with Crippen molar-refractivity contribution in [3.05, 3.63) is 64.4 Å². The average Bonchev–Trinajstić information content (AvgIpc) is 3.72. The molecule has 2 aromatic carbocycles. The monoisotopic (exact) mass is 611 g/mol. The molecule has 1 N–H and O–H groups in total. The predicted molar refractivity (Wildman–Crippen MR) is 163 cm³/mol. The maximum atomic E-state index is 12.4. The van der Waals surface area contributed by atoms with E-state index in [0.717, 1.165) is 35.8 Å². The third-order valence-electron chi connectivity index (χ3n) is 7.08. The normalized spacial score (nSPS) is 14.2. The topological polar surface area (TPSA) is 125 Å². The van der Waals surface area contributed by atoms with Crippen molar-refractivity contribution in [2.45, 2.75) is 52.6 Å². The number of rotatable bonds is 13. The number of aromatic nitrogens is 4. The van der Waals surface area contributed by atoms with E-state index in [1.54, 1.807) is 0 Å². The minimum Gasteiger partial charge on any atom is -0.493 e. The predicted octanol–water partition coefficient (Wildman–Crippen LogP) is 5.66. The van der Waals surface area contributed by atoms with Crippen molar-refractivity contribution in [3.8, 4) is 17.1 Å². The highest BCUT2D eigenvalue weighted by molar-refractivity contribution is 7.85. The highest BCUT2D eigenvalue weighted by Gasteiger charge is 2.30. The third-order valence-corrected chi connectivity index (χ3v) is 7.93. The molecule has 222 valence electrons. The number of hydrogen-bond donors (Lipinski definition) is 1. The van der Waals surface area contributed by atoms with Crippen molar-refractivity contribution < 1.29 is 22.1 Å². The quantitative estimate of drug-likeness (QED) is 0.116. The van der Waals surface area contributed by atoms with Gasteiger partial charge in [0.25, 0.3) is 10.1 Å². The number of nitrogens with zero attached hydrogens (tertiary/aromatic N) is 4. The van der Waals surface area contributed by atoms with Gasteiger partial charge in [-0.1, -0.05) is 35.4 Å². The number of halogens is 1. The van der Waals surface area contributed by atoms with E-state index in [2.05, 4.69) is 22.2 Å². The Morgan fingerprint density at radius 3 is 2.52 bits per heavy atom. The molecule has 0 radical (unpaired) electrons. The number of Topliss-reactive ketones (excluding diaryl/α,β-unsaturated/α-hetero) is 1. The average molecular weight is 612 g/mol. The summed E-state index contributed by atoms with van der Waals surface area (Å²) in [6.07, 6.45) is 3.70. The zero-order valence-electron chi connectivity index (χ0n) is 24.1. The molecular weight excluding hydrogens is 578 g/mol. The minimum absolute atomic E-state index is 0.0206. The number of ether oxygens (including phenoxy) is 1. The SMILES string of the molecule is CC(=O)c1nc(N[C@H](C)C2CC2)c2c(n1)nc(-c1cc(C)ccc1OCCCOS(C)(=O)=O)n2Cc1ccc(Cl)cc1. The number of carbonyl (C=O) groups excluding carboxylic acids is 1. The zero-order chi connectivity index (χ0) is 30.0. The van der Waals surface area contributed by atoms with Crippen molar-refractivity contribution in [1.82, 2.24) is 19.5 Å². The first kappa shape index (κ1) is 29.9. The third kappa shape index (κ3) is 7.26. The summed E-state index contributed by atoms with van der Waals surface area (Å²) in [5.74, 6) is 2.14. The number of imidazole rings is 1. The van der Waals surface area contributed by atoms with Gasteiger partial charge in [-0.2, -0.15) is 8.42 Å². The van der Waals surface area contributed by atoms with Gasteiger partial charge in [0.05, 0.1) is 25.0 Å². The number of carbonyl (C=O) groups is 1. The van der Waals surface area contributed by atoms with Crippen LogP contribution in [0, 0.1) is 12.8 Å². The molecule has 0 saturated heterocycles. The number of nitrogens with one attached hydrogen (secondary N) is 1. The summed E-state index contributed by atoms with van der Waals surface area (Å²) in [6, 6.07) is 13.6. The standard InChI is InChI=1S/C30H34ClN5O5S/c1-18-6-13-25(40-14-5-15-41-42(4,38)39)24(16-18)30-35-29-26(36(30)17-21-7-11-23(31)12-8-21)28(32-19(2)22-9-10-22)33-27(34-29)20(3)37/h6-8,11-13,16,19,22H,5,9-10,14-15,17H2,1-4H3,(H,32,33,34)/t19-/m1/s1. The molecule has 1 saturated carbocycles. The number of hydrogen-bond acceptors (Lipinski definition) is 9. The number of aryl methyl sites for hydroxylation is 1. The lowest BCUT2D eigenvalue weighted by molar-refractivity contribution is 0.100. The van der Waals surface area contributed by atoms with Crippen molar-refractivity contribution in [2.75, 3.05) is 24.8 Å². The van der Waals surface area contributed by atoms with Gasteiger partial charge in [0, 0.05) is 31.0 Å². The maximum Gasteiger partial charge on any atom is 0.264 e. The summed E-state index contributed by atoms with van der Waals surface area (Å²) in [6.45, 7) is 6.25. The van der Waals surface area contributed by atoms with E-state index in [1.165, 1.54) is 6.92 Å². The van der Waals surface area contributed by atoms with Crippen LogP contribution >= 0.6 is 11.6 Å². The Bertz CT molecular complexity index is 1720. The highest BCUT2D eigenvalue weighted by Crippen LogP contribution is 2.37. The van der Waals surface area contributed by atoms with E-state index < -0.39 is 10.1 Å². The summed E-state index contributed by atoms with van der Waals surface area (Å²) in [5, 5.41) is 4.19. The molecule has 1 atom stereocenters. The first-order valence-electron chi connectivity index (χ1n) is 13.9. The van der Waals surface area contributed by atoms with Gasteiger partial charge in [0.2, 0.25) is 0 Å². The van der Waals surface area contributed by atoms with Gasteiger partial charge >= 0.3 is 0 Å². The molecule has 5 rings (SSSR count). The van der Waals surface area contributed by atoms with Gasteiger partial charge in [-0.3, -0.25) is 8.98 Å². The van der Waals surface area contributed by atoms with Gasteiger partial charge in [-0.15, -0.1) is 0 Å². The molecule has 0 bridgehead atoms. The fourth-order valence-corrected chi connectivity index (χ4v) is 5.30. The van der Waals surface area contributed by atoms with E-state index >= 15 is 0 Å². The van der Waals surface area contributed by atoms with Gasteiger partial charge in [-0.25, -0.2) is 15.0 Å². The Kier molecular flexibility index (Phi) is 8.81. The Morgan fingerprint density at radius 1 is 1.12 bits per heavy atom. The molecule has 42 heavy (non-hydrogen) atoms. The molecule has 0 amide bonds. The van der Waals surface area contributed by atoms with Crippen molar-refractivity contribution in [2.24, 2.45) is 5.92 Å². The second kappa shape index (κ2) is 12.4. The van der Waals surface area contributed by atoms with Crippen LogP contribution in [0.5, 0.6) is 5.75 Å². The first-order chi connectivity index (χ1) is 20.0. The van der Waals surface area contributed by atoms with Crippen LogP contribution in [-0.4, -0.2) is 59.2 Å². The zero-order valence-corrected chi connectivity index (χ0v) is 25.6. The van der Waals surface area contributed by atoms with Crippen LogP contribution in [0.15, 0.2) is 42.5 Å². The molecule has 2 aromatic heterocycles. The number of benzene rings is 2. The van der Waals surface area contributed by atoms with E-state index in [4.69, 9.17) is 25.5 Å². The maximum absolute atomic E-state index is 12.4. The van der Waals surface area contributed by atoms with Gasteiger partial charge in [0.1, 0.15) is 17.1 Å². The van der Waals surface area contributed by atoms with E-state index in [1.807, 2.05) is 54.0 Å². The Balaban J connectivity index is 1.62. The van der Waals surface area contributed by atoms with Crippen molar-refractivity contribution in [1.29, 1.82) is 0 Å². The fourth-order valence-electron chi connectivity index (χ4n) is 4.75. The lowest BCUT2D eigenvalue weighted by Crippen LogP contribution is -2.20. The van der Waals surface area contributed by atoms with Gasteiger partial charge in [0.15, 0.2) is 23.1 Å². The largest absolute Gasteiger partial charge is 0.493 e. The Hall–Kier alpha value is -3.54. The summed E-state index contributed by atoms with van der Waals surface area (Å²) in [4.78, 5) is 26.6. The second-order valence-electron chi connectivity index (χ2n) is 10.8. The molecule has 12 heteroatoms. The lowest BCUT2D eigenvalue weighted by Gasteiger charge is -2.18. The molecule has 4 aromatic rings. The van der Waals surface area contributed by atoms with Crippen molar-refractivity contribution in [3.63, 3.8) is 0 Å². The number of anilines is 1. The molecule has 0 aliphatic heterocycles. The number of ketones is 1. The minimum atomic E-state index is -3.52. The highest BCUT2D eigenvalue weighted by atomic mass is 35.5. The van der Waals surface area contributed by atoms with Crippen molar-refractivity contribution >= 4 is 44.5 Å². The summed E-state index contributed by atoms with van der Waals surface area (Å²) in [7, 11) is -3.52. The van der Waals surface area contributed by atoms with E-state index in [0.29, 0.717) is 52.5 Å². The first-order valence-corrected chi connectivity index (χ1v) is 16.1. The number of fused-ring (bicyclic) bond motifs is 1. The molecule has 0 unspecified atom stereocenters. The molecule has 1 aliphatic rings. The summed E-state index contributed by atoms with van der Waals surface area (Å²) >= 11 is 6.17. The molecular formula is C30H34ClN5O5S. The van der Waals surface area contributed by atoms with E-state index in [9.17, 15) is 13.2 Å². The van der Waals surface area contributed by atoms with Crippen LogP contribution in [0.4, 0.5) is 5.82 Å². The Labute approximate surface area is 250 Å². The van der Waals surface area contributed by atoms with Crippen LogP contribution in [0.2, 0.25) is 5.02 Å². The van der Waals surface area contributed by atoms with Gasteiger partial charge in [-0.05, 0) is 62.4 Å². The van der Waals surface area contributed by atoms with Crippen LogP contribution in [0.1, 0.15) is 54.9 Å². The van der Waals surface area contributed by atoms with Gasteiger partial charge < -0.3 is 14.6 Å². The molecule has 2 heterocycles. The van der Waals surface area contributed by atoms with E-state index in [-0.39, 0.29) is 30.9 Å². The lowest BCUT2D eigenvalue weighted by atomic mass is 10.1. The fraction of sp³-hybridized carbons (Fsp3) is 0.400. The van der Waals surface area contributed by atoms with Crippen LogP contribution in [-0.2, 0) is 20.8 Å².